The number of anilines is 1. The molecule has 2 N–H and O–H groups in total. The molecule has 9 nitrogen and oxygen atoms in total. The van der Waals surface area contributed by atoms with Crippen molar-refractivity contribution in [2.24, 2.45) is 5.92 Å². The Morgan fingerprint density at radius 1 is 1.06 bits per heavy atom. The number of methoxy groups -OCH3 is 2. The molecule has 0 radical (unpaired) electrons. The summed E-state index contributed by atoms with van der Waals surface area (Å²) in [7, 11) is -0.672. The smallest absolute Gasteiger partial charge is 0.243 e. The minimum atomic E-state index is -3.71. The van der Waals surface area contributed by atoms with E-state index in [4.69, 9.17) is 9.47 Å². The maximum atomic E-state index is 13.0. The topological polar surface area (TPSA) is 114 Å². The fourth-order valence-electron chi connectivity index (χ4n) is 3.68. The highest BCUT2D eigenvalue weighted by molar-refractivity contribution is 7.89. The van der Waals surface area contributed by atoms with Crippen molar-refractivity contribution in [2.45, 2.75) is 24.2 Å². The minimum absolute atomic E-state index is 0.0877. The average Bonchev–Trinajstić information content (AvgIpc) is 2.84. The molecule has 1 atom stereocenters. The van der Waals surface area contributed by atoms with Crippen LogP contribution in [-0.4, -0.2) is 58.4 Å². The van der Waals surface area contributed by atoms with Gasteiger partial charge in [0.25, 0.3) is 0 Å². The van der Waals surface area contributed by atoms with Crippen molar-refractivity contribution in [2.75, 3.05) is 39.2 Å². The second-order valence-corrected chi connectivity index (χ2v) is 9.61. The van der Waals surface area contributed by atoms with E-state index in [1.165, 1.54) is 30.7 Å². The van der Waals surface area contributed by atoms with Gasteiger partial charge in [0.05, 0.1) is 30.7 Å². The SMILES string of the molecule is COc1ccc(S(=O)(=O)N2CCC[C@H](C(=O)NCCC(=O)Nc3ccccc3OC)C2)cc1. The van der Waals surface area contributed by atoms with Crippen LogP contribution >= 0.6 is 0 Å². The standard InChI is InChI=1S/C23H29N3O6S/c1-31-18-9-11-19(12-10-18)33(29,30)26-15-5-6-17(16-26)23(28)24-14-13-22(27)25-20-7-3-4-8-21(20)32-2/h3-4,7-12,17H,5-6,13-16H2,1-2H3,(H,24,28)(H,25,27)/t17-/m0/s1. The molecule has 0 saturated carbocycles. The number of carbonyl (C=O) groups is 2. The highest BCUT2D eigenvalue weighted by Crippen LogP contribution is 2.25. The molecule has 0 unspecified atom stereocenters. The zero-order valence-corrected chi connectivity index (χ0v) is 19.6. The van der Waals surface area contributed by atoms with Gasteiger partial charge < -0.3 is 20.1 Å². The molecule has 1 heterocycles. The summed E-state index contributed by atoms with van der Waals surface area (Å²) in [6, 6.07) is 13.2. The number of benzene rings is 2. The van der Waals surface area contributed by atoms with E-state index in [1.54, 1.807) is 36.4 Å². The third-order valence-corrected chi connectivity index (χ3v) is 7.36. The van der Waals surface area contributed by atoms with Crippen LogP contribution in [0.4, 0.5) is 5.69 Å². The molecule has 0 aromatic heterocycles. The summed E-state index contributed by atoms with van der Waals surface area (Å²) in [6.07, 6.45) is 1.26. The minimum Gasteiger partial charge on any atom is -0.497 e. The number of carbonyl (C=O) groups excluding carboxylic acids is 2. The van der Waals surface area contributed by atoms with Crippen LogP contribution in [0, 0.1) is 5.92 Å². The van der Waals surface area contributed by atoms with E-state index in [1.807, 2.05) is 0 Å². The molecular formula is C23H29N3O6S. The molecule has 2 amide bonds. The van der Waals surface area contributed by atoms with Gasteiger partial charge in [-0.1, -0.05) is 12.1 Å². The number of hydrogen-bond acceptors (Lipinski definition) is 6. The first-order valence-corrected chi connectivity index (χ1v) is 12.1. The van der Waals surface area contributed by atoms with Crippen LogP contribution in [0.25, 0.3) is 0 Å². The predicted octanol–water partition coefficient (Wildman–Crippen LogP) is 2.25. The molecule has 1 saturated heterocycles. The van der Waals surface area contributed by atoms with E-state index in [0.29, 0.717) is 36.6 Å². The number of piperidine rings is 1. The molecule has 0 spiro atoms. The zero-order chi connectivity index (χ0) is 23.8. The quantitative estimate of drug-likeness (QED) is 0.575. The van der Waals surface area contributed by atoms with Gasteiger partial charge in [-0.3, -0.25) is 9.59 Å². The lowest BCUT2D eigenvalue weighted by Gasteiger charge is -2.31. The van der Waals surface area contributed by atoms with Gasteiger partial charge in [-0.2, -0.15) is 4.31 Å². The lowest BCUT2D eigenvalue weighted by molar-refractivity contribution is -0.126. The molecule has 10 heteroatoms. The van der Waals surface area contributed by atoms with Crippen molar-refractivity contribution >= 4 is 27.5 Å². The average molecular weight is 476 g/mol. The fourth-order valence-corrected chi connectivity index (χ4v) is 5.20. The van der Waals surface area contributed by atoms with Gasteiger partial charge in [0.1, 0.15) is 11.5 Å². The van der Waals surface area contributed by atoms with Crippen molar-refractivity contribution in [3.05, 3.63) is 48.5 Å². The summed E-state index contributed by atoms with van der Waals surface area (Å²) in [5, 5.41) is 5.51. The molecule has 0 bridgehead atoms. The Kier molecular flexibility index (Phi) is 8.29. The Hall–Kier alpha value is -3.11. The second kappa shape index (κ2) is 11.2. The van der Waals surface area contributed by atoms with E-state index in [2.05, 4.69) is 10.6 Å². The van der Waals surface area contributed by atoms with E-state index in [9.17, 15) is 18.0 Å². The van der Waals surface area contributed by atoms with Crippen LogP contribution in [-0.2, 0) is 19.6 Å². The van der Waals surface area contributed by atoms with Crippen LogP contribution < -0.4 is 20.1 Å². The largest absolute Gasteiger partial charge is 0.497 e. The number of hydrogen-bond donors (Lipinski definition) is 2. The summed E-state index contributed by atoms with van der Waals surface area (Å²) >= 11 is 0. The molecule has 2 aromatic rings. The number of ether oxygens (including phenoxy) is 2. The molecule has 3 rings (SSSR count). The number of para-hydroxylation sites is 2. The third kappa shape index (κ3) is 6.23. The van der Waals surface area contributed by atoms with E-state index < -0.39 is 15.9 Å². The molecule has 178 valence electrons. The van der Waals surface area contributed by atoms with Gasteiger partial charge in [-0.05, 0) is 49.2 Å². The van der Waals surface area contributed by atoms with Crippen LogP contribution in [0.3, 0.4) is 0 Å². The van der Waals surface area contributed by atoms with Gasteiger partial charge in [0.2, 0.25) is 21.8 Å². The number of nitrogens with one attached hydrogen (secondary N) is 2. The van der Waals surface area contributed by atoms with Gasteiger partial charge in [-0.15, -0.1) is 0 Å². The van der Waals surface area contributed by atoms with Crippen molar-refractivity contribution < 1.29 is 27.5 Å². The van der Waals surface area contributed by atoms with Crippen LogP contribution in [0.1, 0.15) is 19.3 Å². The van der Waals surface area contributed by atoms with E-state index in [-0.39, 0.29) is 36.2 Å². The lowest BCUT2D eigenvalue weighted by Crippen LogP contribution is -2.45. The first-order valence-electron chi connectivity index (χ1n) is 10.7. The first kappa shape index (κ1) is 24.5. The Morgan fingerprint density at radius 3 is 2.48 bits per heavy atom. The molecular weight excluding hydrogens is 446 g/mol. The van der Waals surface area contributed by atoms with Gasteiger partial charge in [-0.25, -0.2) is 8.42 Å². The third-order valence-electron chi connectivity index (χ3n) is 5.48. The number of rotatable bonds is 9. The maximum Gasteiger partial charge on any atom is 0.243 e. The number of nitrogens with zero attached hydrogens (tertiary/aromatic N) is 1. The zero-order valence-electron chi connectivity index (χ0n) is 18.7. The van der Waals surface area contributed by atoms with Gasteiger partial charge in [0.15, 0.2) is 0 Å². The van der Waals surface area contributed by atoms with Crippen LogP contribution in [0.2, 0.25) is 0 Å². The van der Waals surface area contributed by atoms with Crippen molar-refractivity contribution in [1.82, 2.24) is 9.62 Å². The van der Waals surface area contributed by atoms with Crippen LogP contribution in [0.5, 0.6) is 11.5 Å². The fraction of sp³-hybridized carbons (Fsp3) is 0.391. The Morgan fingerprint density at radius 2 is 1.79 bits per heavy atom. The normalized spacial score (nSPS) is 16.6. The molecule has 1 fully saturated rings. The summed E-state index contributed by atoms with van der Waals surface area (Å²) in [5.41, 5.74) is 0.558. The number of amides is 2. The monoisotopic (exact) mass is 475 g/mol. The summed E-state index contributed by atoms with van der Waals surface area (Å²) < 4.78 is 37.6. The summed E-state index contributed by atoms with van der Waals surface area (Å²) in [6.45, 7) is 0.620. The van der Waals surface area contributed by atoms with Crippen molar-refractivity contribution in [1.29, 1.82) is 0 Å². The lowest BCUT2D eigenvalue weighted by atomic mass is 9.99. The molecule has 1 aliphatic rings. The molecule has 0 aliphatic carbocycles. The Balaban J connectivity index is 1.51. The van der Waals surface area contributed by atoms with Crippen molar-refractivity contribution in [3.8, 4) is 11.5 Å². The van der Waals surface area contributed by atoms with E-state index >= 15 is 0 Å². The van der Waals surface area contributed by atoms with Gasteiger partial charge in [0, 0.05) is 26.1 Å². The van der Waals surface area contributed by atoms with Crippen LogP contribution in [0.15, 0.2) is 53.4 Å². The van der Waals surface area contributed by atoms with Gasteiger partial charge >= 0.3 is 0 Å². The predicted molar refractivity (Wildman–Crippen MR) is 124 cm³/mol. The molecule has 1 aliphatic heterocycles. The highest BCUT2D eigenvalue weighted by Gasteiger charge is 2.33. The highest BCUT2D eigenvalue weighted by atomic mass is 32.2. The molecule has 2 aromatic carbocycles. The molecule has 33 heavy (non-hydrogen) atoms. The van der Waals surface area contributed by atoms with E-state index in [0.717, 1.165) is 0 Å². The van der Waals surface area contributed by atoms with Crippen molar-refractivity contribution in [3.63, 3.8) is 0 Å². The maximum absolute atomic E-state index is 13.0. The summed E-state index contributed by atoms with van der Waals surface area (Å²) in [5.74, 6) is 0.140. The first-order chi connectivity index (χ1) is 15.8. The Labute approximate surface area is 194 Å². The number of sulfonamides is 1. The second-order valence-electron chi connectivity index (χ2n) is 7.67. The Bertz CT molecular complexity index is 1070. The summed E-state index contributed by atoms with van der Waals surface area (Å²) in [4.78, 5) is 25.0.